The monoisotopic (exact) mass is 592 g/mol. The molecule has 0 unspecified atom stereocenters. The van der Waals surface area contributed by atoms with Crippen LogP contribution in [0.4, 0.5) is 0 Å². The predicted molar refractivity (Wildman–Crippen MR) is 149 cm³/mol. The van der Waals surface area contributed by atoms with Gasteiger partial charge in [0, 0.05) is 11.6 Å². The number of ether oxygens (including phenoxy) is 3. The fourth-order valence-corrected chi connectivity index (χ4v) is 5.98. The van der Waals surface area contributed by atoms with Crippen LogP contribution < -0.4 is 24.4 Å². The molecule has 0 saturated heterocycles. The highest BCUT2D eigenvalue weighted by molar-refractivity contribution is 7.07. The second kappa shape index (κ2) is 10.4. The SMILES string of the molecule is CCOC(=O)C1=C(C)N=c2s/c(=C\c3ccc(-c4cc(C(=O)O)ccc4Cl)o3)c(=O)n2[C@@H]1c1ccc2c(c1)OCO2. The number of hydrogen-bond acceptors (Lipinski definition) is 9. The molecule has 0 fully saturated rings. The van der Waals surface area contributed by atoms with Gasteiger partial charge in [-0.2, -0.15) is 0 Å². The lowest BCUT2D eigenvalue weighted by Crippen LogP contribution is -2.39. The van der Waals surface area contributed by atoms with Crippen LogP contribution in [0.1, 0.15) is 41.6 Å². The maximum absolute atomic E-state index is 13.8. The summed E-state index contributed by atoms with van der Waals surface area (Å²) in [5, 5.41) is 9.66. The number of carboxylic acid groups (broad SMARTS) is 1. The molecule has 2 aromatic carbocycles. The van der Waals surface area contributed by atoms with Crippen LogP contribution in [0.2, 0.25) is 5.02 Å². The predicted octanol–water partition coefficient (Wildman–Crippen LogP) is 4.14. The molecule has 1 atom stereocenters. The first kappa shape index (κ1) is 26.6. The fraction of sp³-hybridized carbons (Fsp3) is 0.172. The number of halogens is 1. The summed E-state index contributed by atoms with van der Waals surface area (Å²) in [5.41, 5.74) is 1.41. The Morgan fingerprint density at radius 3 is 2.76 bits per heavy atom. The molecule has 6 rings (SSSR count). The first-order valence-electron chi connectivity index (χ1n) is 12.5. The van der Waals surface area contributed by atoms with E-state index >= 15 is 0 Å². The smallest absolute Gasteiger partial charge is 0.338 e. The highest BCUT2D eigenvalue weighted by atomic mass is 35.5. The molecule has 4 aromatic rings. The summed E-state index contributed by atoms with van der Waals surface area (Å²) >= 11 is 7.45. The van der Waals surface area contributed by atoms with E-state index in [2.05, 4.69) is 4.99 Å². The molecule has 208 valence electrons. The number of esters is 1. The van der Waals surface area contributed by atoms with Crippen molar-refractivity contribution in [1.29, 1.82) is 0 Å². The van der Waals surface area contributed by atoms with Crippen LogP contribution in [-0.4, -0.2) is 35.0 Å². The lowest BCUT2D eigenvalue weighted by Gasteiger charge is -2.24. The molecule has 2 aromatic heterocycles. The molecule has 41 heavy (non-hydrogen) atoms. The van der Waals surface area contributed by atoms with E-state index < -0.39 is 18.0 Å². The second-order valence-electron chi connectivity index (χ2n) is 9.12. The molecule has 4 heterocycles. The Morgan fingerprint density at radius 2 is 1.98 bits per heavy atom. The first-order valence-corrected chi connectivity index (χ1v) is 13.7. The van der Waals surface area contributed by atoms with Crippen LogP contribution in [-0.2, 0) is 9.53 Å². The Kier molecular flexibility index (Phi) is 6.76. The summed E-state index contributed by atoms with van der Waals surface area (Å²) in [4.78, 5) is 43.3. The zero-order valence-corrected chi connectivity index (χ0v) is 23.2. The van der Waals surface area contributed by atoms with Crippen LogP contribution in [0.15, 0.2) is 74.0 Å². The summed E-state index contributed by atoms with van der Waals surface area (Å²) in [5.74, 6) is 0.115. The number of aromatic nitrogens is 1. The molecule has 0 spiro atoms. The molecule has 1 N–H and O–H groups in total. The van der Waals surface area contributed by atoms with E-state index in [1.807, 2.05) is 0 Å². The molecule has 0 radical (unpaired) electrons. The molecular formula is C29H21ClN2O8S. The second-order valence-corrected chi connectivity index (χ2v) is 10.5. The van der Waals surface area contributed by atoms with Crippen LogP contribution in [0, 0.1) is 0 Å². The van der Waals surface area contributed by atoms with Crippen molar-refractivity contribution in [3.05, 3.63) is 101 Å². The van der Waals surface area contributed by atoms with Gasteiger partial charge in [0.05, 0.1) is 39.0 Å². The number of nitrogens with zero attached hydrogens (tertiary/aromatic N) is 2. The number of rotatable bonds is 6. The van der Waals surface area contributed by atoms with Crippen LogP contribution in [0.3, 0.4) is 0 Å². The van der Waals surface area contributed by atoms with E-state index in [1.165, 1.54) is 22.8 Å². The molecule has 0 aliphatic carbocycles. The van der Waals surface area contributed by atoms with E-state index in [1.54, 1.807) is 50.3 Å². The van der Waals surface area contributed by atoms with Gasteiger partial charge in [0.25, 0.3) is 5.56 Å². The average molecular weight is 593 g/mol. The van der Waals surface area contributed by atoms with Crippen molar-refractivity contribution in [3.8, 4) is 22.8 Å². The summed E-state index contributed by atoms with van der Waals surface area (Å²) in [6, 6.07) is 12.1. The van der Waals surface area contributed by atoms with Crippen LogP contribution >= 0.6 is 22.9 Å². The van der Waals surface area contributed by atoms with Gasteiger partial charge in [0.15, 0.2) is 16.3 Å². The Morgan fingerprint density at radius 1 is 1.17 bits per heavy atom. The van der Waals surface area contributed by atoms with Gasteiger partial charge in [-0.15, -0.1) is 0 Å². The maximum atomic E-state index is 13.8. The number of furan rings is 1. The summed E-state index contributed by atoms with van der Waals surface area (Å²) in [6.45, 7) is 3.66. The van der Waals surface area contributed by atoms with E-state index in [0.29, 0.717) is 54.2 Å². The average Bonchev–Trinajstić information content (AvgIpc) is 3.67. The fourth-order valence-electron chi connectivity index (χ4n) is 4.74. The number of carbonyl (C=O) groups excluding carboxylic acids is 1. The number of carboxylic acids is 1. The first-order chi connectivity index (χ1) is 19.7. The van der Waals surface area contributed by atoms with E-state index in [9.17, 15) is 19.5 Å². The molecular weight excluding hydrogens is 572 g/mol. The number of allylic oxidation sites excluding steroid dienone is 1. The van der Waals surface area contributed by atoms with Gasteiger partial charge in [-0.25, -0.2) is 14.6 Å². The van der Waals surface area contributed by atoms with Crippen LogP contribution in [0.5, 0.6) is 11.5 Å². The lowest BCUT2D eigenvalue weighted by molar-refractivity contribution is -0.139. The van der Waals surface area contributed by atoms with Crippen molar-refractivity contribution >= 4 is 41.0 Å². The third kappa shape index (κ3) is 4.72. The Bertz CT molecular complexity index is 1950. The number of carbonyl (C=O) groups is 2. The molecule has 10 nitrogen and oxygen atoms in total. The Hall–Kier alpha value is -4.61. The number of aromatic carboxylic acids is 1. The molecule has 0 bridgehead atoms. The topological polar surface area (TPSA) is 130 Å². The quantitative estimate of drug-likeness (QED) is 0.331. The summed E-state index contributed by atoms with van der Waals surface area (Å²) in [6.07, 6.45) is 1.57. The zero-order chi connectivity index (χ0) is 28.8. The van der Waals surface area contributed by atoms with Crippen molar-refractivity contribution in [2.45, 2.75) is 19.9 Å². The third-order valence-corrected chi connectivity index (χ3v) is 7.92. The number of fused-ring (bicyclic) bond motifs is 2. The van der Waals surface area contributed by atoms with Crippen molar-refractivity contribution < 1.29 is 33.3 Å². The minimum atomic E-state index is -1.09. The van der Waals surface area contributed by atoms with Crippen molar-refractivity contribution in [2.24, 2.45) is 4.99 Å². The molecule has 2 aliphatic rings. The highest BCUT2D eigenvalue weighted by Crippen LogP contribution is 2.38. The van der Waals surface area contributed by atoms with Gasteiger partial charge in [-0.3, -0.25) is 9.36 Å². The van der Waals surface area contributed by atoms with Crippen molar-refractivity contribution in [2.75, 3.05) is 13.4 Å². The van der Waals surface area contributed by atoms with Gasteiger partial charge in [0.1, 0.15) is 11.5 Å². The van der Waals surface area contributed by atoms with Crippen molar-refractivity contribution in [3.63, 3.8) is 0 Å². The van der Waals surface area contributed by atoms with E-state index in [4.69, 9.17) is 30.2 Å². The number of benzene rings is 2. The highest BCUT2D eigenvalue weighted by Gasteiger charge is 2.34. The third-order valence-electron chi connectivity index (χ3n) is 6.61. The van der Waals surface area contributed by atoms with Gasteiger partial charge in [-0.1, -0.05) is 29.0 Å². The minimum absolute atomic E-state index is 0.0620. The van der Waals surface area contributed by atoms with Crippen molar-refractivity contribution in [1.82, 2.24) is 4.57 Å². The van der Waals surface area contributed by atoms with Crippen LogP contribution in [0.25, 0.3) is 17.4 Å². The largest absolute Gasteiger partial charge is 0.478 e. The summed E-state index contributed by atoms with van der Waals surface area (Å²) in [7, 11) is 0. The van der Waals surface area contributed by atoms with Gasteiger partial charge in [-0.05, 0) is 61.9 Å². The number of hydrogen-bond donors (Lipinski definition) is 1. The maximum Gasteiger partial charge on any atom is 0.338 e. The zero-order valence-electron chi connectivity index (χ0n) is 21.7. The normalized spacial score (nSPS) is 16.0. The van der Waals surface area contributed by atoms with E-state index in [0.717, 1.165) is 11.3 Å². The van der Waals surface area contributed by atoms with E-state index in [-0.39, 0.29) is 30.1 Å². The lowest BCUT2D eigenvalue weighted by atomic mass is 9.95. The minimum Gasteiger partial charge on any atom is -0.478 e. The number of thiazole rings is 1. The molecule has 12 heteroatoms. The molecule has 2 aliphatic heterocycles. The standard InChI is InChI=1S/C29H21ClN2O8S/c1-3-37-28(36)24-14(2)31-29-32(25(24)15-5-8-21-22(11-15)39-13-38-21)26(33)23(41-29)12-17-6-9-20(40-17)18-10-16(27(34)35)4-7-19(18)30/h4-12,25H,3,13H2,1-2H3,(H,34,35)/b23-12-/t25-/m1/s1. The summed E-state index contributed by atoms with van der Waals surface area (Å²) < 4.78 is 24.0. The molecule has 0 amide bonds. The Balaban J connectivity index is 1.47. The van der Waals surface area contributed by atoms with Gasteiger partial charge in [0.2, 0.25) is 6.79 Å². The van der Waals surface area contributed by atoms with Gasteiger partial charge < -0.3 is 23.7 Å². The van der Waals surface area contributed by atoms with Gasteiger partial charge >= 0.3 is 11.9 Å². The Labute approximate surface area is 241 Å². The molecule has 0 saturated carbocycles.